The zero-order chi connectivity index (χ0) is 16.2. The Morgan fingerprint density at radius 1 is 1.48 bits per heavy atom. The molecule has 7 nitrogen and oxygen atoms in total. The van der Waals surface area contributed by atoms with Crippen molar-refractivity contribution in [3.8, 4) is 0 Å². The lowest BCUT2D eigenvalue weighted by Gasteiger charge is -2.29. The molecule has 0 aliphatic heterocycles. The summed E-state index contributed by atoms with van der Waals surface area (Å²) < 4.78 is 0. The number of hydrogen-bond acceptors (Lipinski definition) is 5. The maximum atomic E-state index is 12.3. The highest BCUT2D eigenvalue weighted by molar-refractivity contribution is 5.99. The molecule has 0 fully saturated rings. The first-order valence-electron chi connectivity index (χ1n) is 6.79. The molecule has 2 N–H and O–H groups in total. The average Bonchev–Trinajstić information content (AvgIpc) is 2.43. The van der Waals surface area contributed by atoms with Crippen LogP contribution < -0.4 is 10.6 Å². The summed E-state index contributed by atoms with van der Waals surface area (Å²) in [6.45, 7) is 8.76. The summed E-state index contributed by atoms with van der Waals surface area (Å²) in [6, 6.07) is 1.23. The van der Waals surface area contributed by atoms with Gasteiger partial charge in [-0.2, -0.15) is 0 Å². The van der Waals surface area contributed by atoms with Crippen molar-refractivity contribution in [2.75, 3.05) is 18.9 Å². The molecule has 0 bridgehead atoms. The van der Waals surface area contributed by atoms with E-state index in [1.807, 2.05) is 0 Å². The Bertz CT molecular complexity index is 541. The molecule has 0 atom stereocenters. The number of nitrogens with one attached hydrogen (secondary N) is 2. The van der Waals surface area contributed by atoms with Gasteiger partial charge in [-0.05, 0) is 11.3 Å². The lowest BCUT2D eigenvalue weighted by atomic mass is 9.81. The van der Waals surface area contributed by atoms with E-state index in [1.54, 1.807) is 7.05 Å². The predicted octanol–water partition coefficient (Wildman–Crippen LogP) is 2.44. The third kappa shape index (κ3) is 4.14. The topological polar surface area (TPSA) is 97.2 Å². The van der Waals surface area contributed by atoms with Crippen molar-refractivity contribution in [2.24, 2.45) is 11.3 Å². The van der Waals surface area contributed by atoms with Gasteiger partial charge in [-0.1, -0.05) is 27.7 Å². The number of pyridine rings is 1. The number of rotatable bonds is 6. The number of amides is 1. The molecular formula is C14H22N4O3. The van der Waals surface area contributed by atoms with E-state index in [2.05, 4.69) is 43.3 Å². The molecule has 21 heavy (non-hydrogen) atoms. The van der Waals surface area contributed by atoms with Crippen LogP contribution in [0.1, 0.15) is 38.1 Å². The second-order valence-corrected chi connectivity index (χ2v) is 5.92. The smallest absolute Gasteiger partial charge is 0.288 e. The number of nitro groups is 1. The zero-order valence-corrected chi connectivity index (χ0v) is 13.1. The molecule has 1 aromatic heterocycles. The second-order valence-electron chi connectivity index (χ2n) is 5.92. The van der Waals surface area contributed by atoms with Crippen LogP contribution in [0.5, 0.6) is 0 Å². The molecule has 1 rings (SSSR count). The lowest BCUT2D eigenvalue weighted by molar-refractivity contribution is -0.385. The standard InChI is InChI=1S/C14H22N4O3/c1-9(2)14(3,4)8-17-13(19)11-6-10(18(20)21)7-16-12(11)15-5/h6-7,9H,8H2,1-5H3,(H,15,16)(H,17,19). The Hall–Kier alpha value is -2.18. The minimum Gasteiger partial charge on any atom is -0.372 e. The van der Waals surface area contributed by atoms with Gasteiger partial charge in [0.1, 0.15) is 12.0 Å². The summed E-state index contributed by atoms with van der Waals surface area (Å²) in [5, 5.41) is 16.4. The fraction of sp³-hybridized carbons (Fsp3) is 0.571. The van der Waals surface area contributed by atoms with Gasteiger partial charge in [0.15, 0.2) is 0 Å². The third-order valence-corrected chi connectivity index (χ3v) is 3.83. The van der Waals surface area contributed by atoms with Crippen LogP contribution in [0.3, 0.4) is 0 Å². The summed E-state index contributed by atoms with van der Waals surface area (Å²) >= 11 is 0. The van der Waals surface area contributed by atoms with E-state index in [-0.39, 0.29) is 22.6 Å². The minimum absolute atomic E-state index is 0.0659. The van der Waals surface area contributed by atoms with Crippen molar-refractivity contribution in [3.05, 3.63) is 27.9 Å². The van der Waals surface area contributed by atoms with Crippen LogP contribution in [-0.2, 0) is 0 Å². The van der Waals surface area contributed by atoms with Crippen molar-refractivity contribution < 1.29 is 9.72 Å². The molecular weight excluding hydrogens is 272 g/mol. The normalized spacial score (nSPS) is 11.3. The van der Waals surface area contributed by atoms with Crippen molar-refractivity contribution in [1.82, 2.24) is 10.3 Å². The molecule has 1 amide bonds. The maximum absolute atomic E-state index is 12.3. The van der Waals surface area contributed by atoms with Crippen LogP contribution in [0.15, 0.2) is 12.3 Å². The highest BCUT2D eigenvalue weighted by Gasteiger charge is 2.24. The summed E-state index contributed by atoms with van der Waals surface area (Å²) in [5.74, 6) is 0.342. The van der Waals surface area contributed by atoms with E-state index >= 15 is 0 Å². The zero-order valence-electron chi connectivity index (χ0n) is 13.1. The Morgan fingerprint density at radius 3 is 2.57 bits per heavy atom. The van der Waals surface area contributed by atoms with Gasteiger partial charge < -0.3 is 10.6 Å². The molecule has 0 unspecified atom stereocenters. The highest BCUT2D eigenvalue weighted by atomic mass is 16.6. The van der Waals surface area contributed by atoms with E-state index in [0.717, 1.165) is 6.20 Å². The second kappa shape index (κ2) is 6.51. The van der Waals surface area contributed by atoms with Crippen molar-refractivity contribution in [2.45, 2.75) is 27.7 Å². The molecule has 0 aliphatic rings. The molecule has 0 aromatic carbocycles. The van der Waals surface area contributed by atoms with Gasteiger partial charge in [-0.15, -0.1) is 0 Å². The third-order valence-electron chi connectivity index (χ3n) is 3.83. The molecule has 0 radical (unpaired) electrons. The highest BCUT2D eigenvalue weighted by Crippen LogP contribution is 2.25. The summed E-state index contributed by atoms with van der Waals surface area (Å²) in [7, 11) is 1.61. The Balaban J connectivity index is 2.96. The van der Waals surface area contributed by atoms with Crippen molar-refractivity contribution in [3.63, 3.8) is 0 Å². The summed E-state index contributed by atoms with van der Waals surface area (Å²) in [6.07, 6.45) is 1.13. The van der Waals surface area contributed by atoms with Gasteiger partial charge in [0.25, 0.3) is 11.6 Å². The van der Waals surface area contributed by atoms with Crippen LogP contribution in [0.25, 0.3) is 0 Å². The van der Waals surface area contributed by atoms with Gasteiger partial charge >= 0.3 is 0 Å². The van der Waals surface area contributed by atoms with Crippen LogP contribution in [0, 0.1) is 21.4 Å². The van der Waals surface area contributed by atoms with E-state index < -0.39 is 4.92 Å². The Labute approximate surface area is 124 Å². The molecule has 116 valence electrons. The molecule has 1 aromatic rings. The first-order chi connectivity index (χ1) is 9.69. The average molecular weight is 294 g/mol. The summed E-state index contributed by atoms with van der Waals surface area (Å²) in [5.41, 5.74) is -0.0996. The van der Waals surface area contributed by atoms with Crippen molar-refractivity contribution >= 4 is 17.4 Å². The summed E-state index contributed by atoms with van der Waals surface area (Å²) in [4.78, 5) is 26.4. The predicted molar refractivity (Wildman–Crippen MR) is 81.4 cm³/mol. The maximum Gasteiger partial charge on any atom is 0.288 e. The van der Waals surface area contributed by atoms with Gasteiger partial charge in [0.05, 0.1) is 10.5 Å². The van der Waals surface area contributed by atoms with Gasteiger partial charge in [-0.3, -0.25) is 14.9 Å². The quantitative estimate of drug-likeness (QED) is 0.620. The van der Waals surface area contributed by atoms with Gasteiger partial charge in [-0.25, -0.2) is 4.98 Å². The number of hydrogen-bond donors (Lipinski definition) is 2. The molecule has 7 heteroatoms. The molecule has 0 saturated carbocycles. The number of carbonyl (C=O) groups is 1. The fourth-order valence-corrected chi connectivity index (χ4v) is 1.53. The number of carbonyl (C=O) groups excluding carboxylic acids is 1. The van der Waals surface area contributed by atoms with E-state index in [4.69, 9.17) is 0 Å². The van der Waals surface area contributed by atoms with Crippen LogP contribution in [0.4, 0.5) is 11.5 Å². The van der Waals surface area contributed by atoms with Gasteiger partial charge in [0, 0.05) is 19.7 Å². The Kier molecular flexibility index (Phi) is 5.23. The first kappa shape index (κ1) is 16.9. The van der Waals surface area contributed by atoms with E-state index in [9.17, 15) is 14.9 Å². The first-order valence-corrected chi connectivity index (χ1v) is 6.79. The van der Waals surface area contributed by atoms with E-state index in [1.165, 1.54) is 6.07 Å². The molecule has 0 aliphatic carbocycles. The van der Waals surface area contributed by atoms with Crippen molar-refractivity contribution in [1.29, 1.82) is 0 Å². The van der Waals surface area contributed by atoms with Crippen LogP contribution >= 0.6 is 0 Å². The molecule has 0 spiro atoms. The Morgan fingerprint density at radius 2 is 2.10 bits per heavy atom. The molecule has 1 heterocycles. The largest absolute Gasteiger partial charge is 0.372 e. The SMILES string of the molecule is CNc1ncc([N+](=O)[O-])cc1C(=O)NCC(C)(C)C(C)C. The molecule has 0 saturated heterocycles. The fourth-order valence-electron chi connectivity index (χ4n) is 1.53. The number of nitrogens with zero attached hydrogens (tertiary/aromatic N) is 2. The van der Waals surface area contributed by atoms with E-state index in [0.29, 0.717) is 18.3 Å². The minimum atomic E-state index is -0.568. The van der Waals surface area contributed by atoms with Gasteiger partial charge in [0.2, 0.25) is 0 Å². The lowest BCUT2D eigenvalue weighted by Crippen LogP contribution is -2.37. The number of anilines is 1. The van der Waals surface area contributed by atoms with Crippen LogP contribution in [0.2, 0.25) is 0 Å². The number of aromatic nitrogens is 1. The monoisotopic (exact) mass is 294 g/mol. The van der Waals surface area contributed by atoms with Crippen LogP contribution in [-0.4, -0.2) is 29.4 Å².